The van der Waals surface area contributed by atoms with E-state index < -0.39 is 9.28 Å². The van der Waals surface area contributed by atoms with Crippen LogP contribution in [0.3, 0.4) is 0 Å². The van der Waals surface area contributed by atoms with Gasteiger partial charge in [-0.1, -0.05) is 52.0 Å². The van der Waals surface area contributed by atoms with Gasteiger partial charge in [-0.2, -0.15) is 0 Å². The zero-order valence-corrected chi connectivity index (χ0v) is 14.6. The first-order valence-electron chi connectivity index (χ1n) is 5.99. The minimum atomic E-state index is -1.15. The second-order valence-electron chi connectivity index (χ2n) is 3.68. The van der Waals surface area contributed by atoms with Crippen LogP contribution in [-0.4, -0.2) is 29.5 Å². The summed E-state index contributed by atoms with van der Waals surface area (Å²) in [6.07, 6.45) is 8.26. The van der Waals surface area contributed by atoms with E-state index in [2.05, 4.69) is 13.5 Å². The summed E-state index contributed by atoms with van der Waals surface area (Å²) in [5.74, 6) is 0. The fourth-order valence-corrected chi connectivity index (χ4v) is 7.03. The fourth-order valence-electron chi connectivity index (χ4n) is 1.55. The van der Waals surface area contributed by atoms with Crippen molar-refractivity contribution >= 4 is 29.5 Å². The van der Waals surface area contributed by atoms with E-state index in [1.54, 1.807) is 0 Å². The Morgan fingerprint density at radius 3 is 2.36 bits per heavy atom. The van der Waals surface area contributed by atoms with Gasteiger partial charge in [-0.3, -0.25) is 0 Å². The lowest BCUT2D eigenvalue weighted by atomic mass is 10.1. The average molecular weight is 251 g/mol. The van der Waals surface area contributed by atoms with Gasteiger partial charge in [-0.25, -0.2) is 0 Å². The maximum Gasteiger partial charge on any atom is 0.299 e. The third-order valence-corrected chi connectivity index (χ3v) is 8.21. The highest BCUT2D eigenvalue weighted by molar-refractivity contribution is 6.55. The Kier molecular flexibility index (Phi) is 12.1. The molecule has 0 spiro atoms. The van der Waals surface area contributed by atoms with E-state index in [1.165, 1.54) is 44.6 Å². The van der Waals surface area contributed by atoms with E-state index in [4.69, 9.17) is 8.23 Å². The molecular formula is C9H26O2Si3. The molecule has 0 aromatic carbocycles. The van der Waals surface area contributed by atoms with Crippen molar-refractivity contribution in [2.75, 3.05) is 0 Å². The summed E-state index contributed by atoms with van der Waals surface area (Å²) >= 11 is 0. The van der Waals surface area contributed by atoms with Gasteiger partial charge < -0.3 is 8.23 Å². The third kappa shape index (κ3) is 9.14. The van der Waals surface area contributed by atoms with Crippen molar-refractivity contribution < 1.29 is 8.23 Å². The Bertz CT molecular complexity index is 114. The Morgan fingerprint density at radius 1 is 1.14 bits per heavy atom. The van der Waals surface area contributed by atoms with Crippen LogP contribution in [0.5, 0.6) is 0 Å². The predicted octanol–water partition coefficient (Wildman–Crippen LogP) is 1.01. The van der Waals surface area contributed by atoms with Crippen molar-refractivity contribution in [1.29, 1.82) is 0 Å². The van der Waals surface area contributed by atoms with Crippen molar-refractivity contribution in [1.82, 2.24) is 0 Å². The monoisotopic (exact) mass is 250 g/mol. The molecule has 0 N–H and O–H groups in total. The third-order valence-electron chi connectivity index (χ3n) is 2.41. The summed E-state index contributed by atoms with van der Waals surface area (Å²) in [5.41, 5.74) is 0. The molecule has 0 bridgehead atoms. The first-order chi connectivity index (χ1) is 6.85. The van der Waals surface area contributed by atoms with Crippen LogP contribution in [0, 0.1) is 0 Å². The van der Waals surface area contributed by atoms with Crippen LogP contribution in [0.25, 0.3) is 0 Å². The first kappa shape index (κ1) is 14.6. The molecule has 0 saturated carbocycles. The molecule has 0 radical (unpaired) electrons. The molecule has 0 aliphatic rings. The lowest BCUT2D eigenvalue weighted by molar-refractivity contribution is 0.455. The molecule has 0 aliphatic carbocycles. The highest BCUT2D eigenvalue weighted by Crippen LogP contribution is 2.09. The van der Waals surface area contributed by atoms with Gasteiger partial charge in [0.1, 0.15) is 20.2 Å². The largest absolute Gasteiger partial charge is 0.447 e. The van der Waals surface area contributed by atoms with Crippen LogP contribution in [0.4, 0.5) is 0 Å². The van der Waals surface area contributed by atoms with E-state index in [0.717, 1.165) is 10.5 Å². The molecule has 0 heterocycles. The molecule has 0 amide bonds. The molecule has 0 saturated heterocycles. The predicted molar refractivity (Wildman–Crippen MR) is 71.8 cm³/mol. The van der Waals surface area contributed by atoms with Crippen molar-refractivity contribution in [3.05, 3.63) is 0 Å². The maximum absolute atomic E-state index is 5.71. The zero-order chi connectivity index (χ0) is 10.6. The molecule has 86 valence electrons. The molecule has 0 rings (SSSR count). The van der Waals surface area contributed by atoms with Crippen LogP contribution in [-0.2, 0) is 8.23 Å². The van der Waals surface area contributed by atoms with Gasteiger partial charge in [0.05, 0.1) is 0 Å². The van der Waals surface area contributed by atoms with Gasteiger partial charge in [0.25, 0.3) is 9.28 Å². The Hall–Kier alpha value is 0.571. The lowest BCUT2D eigenvalue weighted by Crippen LogP contribution is -2.22. The molecular weight excluding hydrogens is 224 g/mol. The maximum atomic E-state index is 5.71. The first-order valence-corrected chi connectivity index (χ1v) is 10.6. The molecule has 0 aromatic heterocycles. The molecule has 0 aromatic rings. The molecule has 0 fully saturated rings. The number of rotatable bonds is 10. The van der Waals surface area contributed by atoms with E-state index in [1.807, 2.05) is 0 Å². The summed E-state index contributed by atoms with van der Waals surface area (Å²) in [5, 5.41) is 0. The molecule has 0 aliphatic heterocycles. The normalized spacial score (nSPS) is 14.1. The SMILES string of the molecule is CCCCCCCC[SiH](O[SiH3])O[SiH2]C. The minimum Gasteiger partial charge on any atom is -0.447 e. The molecule has 1 atom stereocenters. The second-order valence-corrected chi connectivity index (χ2v) is 8.91. The summed E-state index contributed by atoms with van der Waals surface area (Å²) < 4.78 is 11.2. The highest BCUT2D eigenvalue weighted by atomic mass is 28.4. The van der Waals surface area contributed by atoms with E-state index in [0.29, 0.717) is 0 Å². The highest BCUT2D eigenvalue weighted by Gasteiger charge is 2.08. The second kappa shape index (κ2) is 11.6. The summed E-state index contributed by atoms with van der Waals surface area (Å²) in [7, 11) is -0.516. The van der Waals surface area contributed by atoms with Gasteiger partial charge in [0, 0.05) is 0 Å². The molecule has 1 unspecified atom stereocenters. The van der Waals surface area contributed by atoms with Crippen molar-refractivity contribution in [3.8, 4) is 0 Å². The van der Waals surface area contributed by atoms with Crippen LogP contribution < -0.4 is 0 Å². The van der Waals surface area contributed by atoms with Gasteiger partial charge in [0.2, 0.25) is 0 Å². The average Bonchev–Trinajstić information content (AvgIpc) is 2.21. The minimum absolute atomic E-state index is 0.233. The molecule has 2 nitrogen and oxygen atoms in total. The van der Waals surface area contributed by atoms with Crippen LogP contribution >= 0.6 is 0 Å². The summed E-state index contributed by atoms with van der Waals surface area (Å²) in [6.45, 7) is 4.46. The quantitative estimate of drug-likeness (QED) is 0.426. The van der Waals surface area contributed by atoms with Crippen LogP contribution in [0.1, 0.15) is 45.4 Å². The summed E-state index contributed by atoms with van der Waals surface area (Å²) in [4.78, 5) is 0. The lowest BCUT2D eigenvalue weighted by Gasteiger charge is -2.13. The summed E-state index contributed by atoms with van der Waals surface area (Å²) in [6, 6.07) is 1.25. The van der Waals surface area contributed by atoms with Crippen molar-refractivity contribution in [2.24, 2.45) is 0 Å². The van der Waals surface area contributed by atoms with E-state index >= 15 is 0 Å². The van der Waals surface area contributed by atoms with Gasteiger partial charge in [-0.15, -0.1) is 0 Å². The Labute approximate surface area is 96.1 Å². The number of hydrogen-bond acceptors (Lipinski definition) is 2. The van der Waals surface area contributed by atoms with Gasteiger partial charge in [-0.05, 0) is 6.04 Å². The fraction of sp³-hybridized carbons (Fsp3) is 1.00. The smallest absolute Gasteiger partial charge is 0.299 e. The molecule has 14 heavy (non-hydrogen) atoms. The topological polar surface area (TPSA) is 18.5 Å². The van der Waals surface area contributed by atoms with Crippen molar-refractivity contribution in [2.45, 2.75) is 58.0 Å². The van der Waals surface area contributed by atoms with Crippen LogP contribution in [0.15, 0.2) is 0 Å². The number of hydrogen-bond donors (Lipinski definition) is 0. The zero-order valence-electron chi connectivity index (χ0n) is 10.1. The van der Waals surface area contributed by atoms with E-state index in [9.17, 15) is 0 Å². The number of unbranched alkanes of at least 4 members (excludes halogenated alkanes) is 5. The van der Waals surface area contributed by atoms with Gasteiger partial charge in [0.15, 0.2) is 0 Å². The molecule has 5 heteroatoms. The van der Waals surface area contributed by atoms with Gasteiger partial charge >= 0.3 is 0 Å². The Morgan fingerprint density at radius 2 is 1.79 bits per heavy atom. The van der Waals surface area contributed by atoms with Crippen molar-refractivity contribution in [3.63, 3.8) is 0 Å². The van der Waals surface area contributed by atoms with Crippen LogP contribution in [0.2, 0.25) is 12.6 Å². The standard InChI is InChI=1S/C9H26O2Si3/c1-3-4-5-6-7-8-9-14(10-12)11-13-2/h14H,3-9,13H2,1-2,12H3. The Balaban J connectivity index is 3.15. The van der Waals surface area contributed by atoms with E-state index in [-0.39, 0.29) is 9.76 Å².